The number of aromatic nitrogens is 1. The summed E-state index contributed by atoms with van der Waals surface area (Å²) in [7, 11) is 2.01. The Kier molecular flexibility index (Phi) is 4.09. The van der Waals surface area contributed by atoms with Gasteiger partial charge in [0.2, 0.25) is 5.91 Å². The summed E-state index contributed by atoms with van der Waals surface area (Å²) in [4.78, 5) is 20.3. The van der Waals surface area contributed by atoms with Crippen molar-refractivity contribution in [2.24, 2.45) is 0 Å². The van der Waals surface area contributed by atoms with Crippen LogP contribution < -0.4 is 4.90 Å². The van der Waals surface area contributed by atoms with Gasteiger partial charge in [-0.2, -0.15) is 0 Å². The van der Waals surface area contributed by atoms with Gasteiger partial charge in [-0.25, -0.2) is 4.98 Å². The molecule has 1 fully saturated rings. The maximum Gasteiger partial charge on any atom is 0.219 e. The van der Waals surface area contributed by atoms with Gasteiger partial charge in [0.05, 0.1) is 6.04 Å². The number of rotatable bonds is 3. The number of amides is 1. The molecule has 2 aromatic rings. The maximum absolute atomic E-state index is 11.7. The first kappa shape index (κ1) is 14.6. The summed E-state index contributed by atoms with van der Waals surface area (Å²) in [6.07, 6.45) is 3.99. The van der Waals surface area contributed by atoms with Gasteiger partial charge in [-0.05, 0) is 36.6 Å². The average molecular weight is 295 g/mol. The van der Waals surface area contributed by atoms with Crippen molar-refractivity contribution in [2.45, 2.75) is 25.8 Å². The van der Waals surface area contributed by atoms with Crippen LogP contribution in [0.1, 0.15) is 31.4 Å². The van der Waals surface area contributed by atoms with E-state index in [9.17, 15) is 4.79 Å². The van der Waals surface area contributed by atoms with Gasteiger partial charge < -0.3 is 9.80 Å². The molecule has 0 spiro atoms. The van der Waals surface area contributed by atoms with Gasteiger partial charge in [-0.3, -0.25) is 4.79 Å². The summed E-state index contributed by atoms with van der Waals surface area (Å²) < 4.78 is 0. The second kappa shape index (κ2) is 6.18. The third-order valence-corrected chi connectivity index (χ3v) is 4.30. The fourth-order valence-corrected chi connectivity index (χ4v) is 3.07. The molecule has 0 N–H and O–H groups in total. The number of hydrogen-bond acceptors (Lipinski definition) is 3. The molecule has 0 bridgehead atoms. The molecule has 0 aliphatic carbocycles. The van der Waals surface area contributed by atoms with Crippen LogP contribution in [0.4, 0.5) is 11.5 Å². The van der Waals surface area contributed by atoms with Gasteiger partial charge in [0, 0.05) is 32.4 Å². The number of carbonyl (C=O) groups is 1. The zero-order valence-electron chi connectivity index (χ0n) is 13.1. The quantitative estimate of drug-likeness (QED) is 0.869. The molecule has 0 radical (unpaired) electrons. The van der Waals surface area contributed by atoms with E-state index in [1.165, 1.54) is 0 Å². The SMILES string of the molecule is CC(=O)N1CCC[C@H]1c1ccc(N(C)c2ccccc2)nc1. The minimum atomic E-state index is 0.146. The molecule has 114 valence electrons. The van der Waals surface area contributed by atoms with Crippen LogP contribution in [0.3, 0.4) is 0 Å². The van der Waals surface area contributed by atoms with Crippen LogP contribution in [0.25, 0.3) is 0 Å². The smallest absolute Gasteiger partial charge is 0.219 e. The molecule has 4 heteroatoms. The van der Waals surface area contributed by atoms with Crippen LogP contribution in [-0.4, -0.2) is 29.4 Å². The molecule has 1 aromatic carbocycles. The lowest BCUT2D eigenvalue weighted by molar-refractivity contribution is -0.129. The molecule has 1 aromatic heterocycles. The molecule has 1 atom stereocenters. The normalized spacial score (nSPS) is 17.5. The minimum absolute atomic E-state index is 0.146. The summed E-state index contributed by atoms with van der Waals surface area (Å²) in [6.45, 7) is 2.50. The van der Waals surface area contributed by atoms with E-state index in [1.807, 2.05) is 42.4 Å². The molecule has 4 nitrogen and oxygen atoms in total. The number of carbonyl (C=O) groups excluding carboxylic acids is 1. The Labute approximate surface area is 131 Å². The van der Waals surface area contributed by atoms with E-state index >= 15 is 0 Å². The van der Waals surface area contributed by atoms with E-state index in [0.29, 0.717) is 0 Å². The van der Waals surface area contributed by atoms with E-state index < -0.39 is 0 Å². The van der Waals surface area contributed by atoms with E-state index in [0.717, 1.165) is 36.5 Å². The molecule has 1 aliphatic rings. The van der Waals surface area contributed by atoms with Gasteiger partial charge in [0.25, 0.3) is 0 Å². The van der Waals surface area contributed by atoms with Crippen molar-refractivity contribution >= 4 is 17.4 Å². The van der Waals surface area contributed by atoms with Crippen LogP contribution >= 0.6 is 0 Å². The predicted molar refractivity (Wildman–Crippen MR) is 88.1 cm³/mol. The lowest BCUT2D eigenvalue weighted by atomic mass is 10.1. The Balaban J connectivity index is 1.80. The van der Waals surface area contributed by atoms with Gasteiger partial charge in [0.15, 0.2) is 0 Å². The van der Waals surface area contributed by atoms with E-state index in [-0.39, 0.29) is 11.9 Å². The zero-order chi connectivity index (χ0) is 15.5. The highest BCUT2D eigenvalue weighted by Crippen LogP contribution is 2.32. The monoisotopic (exact) mass is 295 g/mol. The Morgan fingerprint density at radius 2 is 2.00 bits per heavy atom. The number of pyridine rings is 1. The minimum Gasteiger partial charge on any atom is -0.336 e. The number of nitrogens with zero attached hydrogens (tertiary/aromatic N) is 3. The van der Waals surface area contributed by atoms with Gasteiger partial charge in [-0.15, -0.1) is 0 Å². The Morgan fingerprint density at radius 3 is 2.64 bits per heavy atom. The summed E-state index contributed by atoms with van der Waals surface area (Å²) in [6, 6.07) is 14.5. The Hall–Kier alpha value is -2.36. The van der Waals surface area contributed by atoms with Crippen LogP contribution in [-0.2, 0) is 4.79 Å². The van der Waals surface area contributed by atoms with Crippen molar-refractivity contribution < 1.29 is 4.79 Å². The van der Waals surface area contributed by atoms with Crippen molar-refractivity contribution in [2.75, 3.05) is 18.5 Å². The van der Waals surface area contributed by atoms with Gasteiger partial charge >= 0.3 is 0 Å². The lowest BCUT2D eigenvalue weighted by Crippen LogP contribution is -2.28. The number of anilines is 2. The first-order chi connectivity index (χ1) is 10.7. The summed E-state index contributed by atoms with van der Waals surface area (Å²) in [5.41, 5.74) is 2.23. The molecule has 0 saturated carbocycles. The van der Waals surface area contributed by atoms with Crippen LogP contribution in [0, 0.1) is 0 Å². The molecular weight excluding hydrogens is 274 g/mol. The molecule has 1 amide bonds. The molecule has 1 aliphatic heterocycles. The fraction of sp³-hybridized carbons (Fsp3) is 0.333. The fourth-order valence-electron chi connectivity index (χ4n) is 3.07. The Bertz CT molecular complexity index is 639. The zero-order valence-corrected chi connectivity index (χ0v) is 13.1. The predicted octanol–water partition coefficient (Wildman–Crippen LogP) is 3.53. The average Bonchev–Trinajstić information content (AvgIpc) is 3.05. The largest absolute Gasteiger partial charge is 0.336 e. The van der Waals surface area contributed by atoms with Crippen molar-refractivity contribution in [3.63, 3.8) is 0 Å². The topological polar surface area (TPSA) is 36.4 Å². The summed E-state index contributed by atoms with van der Waals surface area (Å²) in [5.74, 6) is 1.05. The first-order valence-corrected chi connectivity index (χ1v) is 7.69. The van der Waals surface area contributed by atoms with E-state index in [4.69, 9.17) is 0 Å². The Morgan fingerprint density at radius 1 is 1.23 bits per heavy atom. The highest BCUT2D eigenvalue weighted by molar-refractivity contribution is 5.74. The molecule has 1 saturated heterocycles. The summed E-state index contributed by atoms with van der Waals surface area (Å²) in [5, 5.41) is 0. The third-order valence-electron chi connectivity index (χ3n) is 4.30. The second-order valence-electron chi connectivity index (χ2n) is 5.71. The van der Waals surface area contributed by atoms with Crippen molar-refractivity contribution in [3.8, 4) is 0 Å². The molecule has 3 rings (SSSR count). The first-order valence-electron chi connectivity index (χ1n) is 7.69. The van der Waals surface area contributed by atoms with E-state index in [2.05, 4.69) is 28.1 Å². The maximum atomic E-state index is 11.7. The number of benzene rings is 1. The van der Waals surface area contributed by atoms with Crippen molar-refractivity contribution in [1.82, 2.24) is 9.88 Å². The highest BCUT2D eigenvalue weighted by Gasteiger charge is 2.28. The van der Waals surface area contributed by atoms with Crippen LogP contribution in [0.15, 0.2) is 48.7 Å². The number of likely N-dealkylation sites (tertiary alicyclic amines) is 1. The third kappa shape index (κ3) is 2.82. The molecule has 0 unspecified atom stereocenters. The van der Waals surface area contributed by atoms with Crippen molar-refractivity contribution in [3.05, 3.63) is 54.2 Å². The molecular formula is C18H21N3O. The summed E-state index contributed by atoms with van der Waals surface area (Å²) >= 11 is 0. The van der Waals surface area contributed by atoms with Crippen LogP contribution in [0.5, 0.6) is 0 Å². The second-order valence-corrected chi connectivity index (χ2v) is 5.71. The molecule has 22 heavy (non-hydrogen) atoms. The van der Waals surface area contributed by atoms with Gasteiger partial charge in [0.1, 0.15) is 5.82 Å². The van der Waals surface area contributed by atoms with Crippen molar-refractivity contribution in [1.29, 1.82) is 0 Å². The molecule has 2 heterocycles. The standard InChI is InChI=1S/C18H21N3O/c1-14(22)21-12-6-9-17(21)15-10-11-18(19-13-15)20(2)16-7-4-3-5-8-16/h3-5,7-8,10-11,13,17H,6,9,12H2,1-2H3/t17-/m0/s1. The number of hydrogen-bond donors (Lipinski definition) is 0. The highest BCUT2D eigenvalue weighted by atomic mass is 16.2. The lowest BCUT2D eigenvalue weighted by Gasteiger charge is -2.24. The van der Waals surface area contributed by atoms with Gasteiger partial charge in [-0.1, -0.05) is 24.3 Å². The van der Waals surface area contributed by atoms with Crippen LogP contribution in [0.2, 0.25) is 0 Å². The van der Waals surface area contributed by atoms with E-state index in [1.54, 1.807) is 6.92 Å². The number of para-hydroxylation sites is 1.